The van der Waals surface area contributed by atoms with E-state index in [1.54, 1.807) is 11.3 Å². The fraction of sp³-hybridized carbons (Fsp3) is 0.538. The number of benzene rings is 2. The van der Waals surface area contributed by atoms with Crippen LogP contribution in [0, 0.1) is 0 Å². The largest absolute Gasteiger partial charge is 0.395 e. The van der Waals surface area contributed by atoms with Crippen molar-refractivity contribution in [1.29, 1.82) is 0 Å². The molecule has 0 aromatic heterocycles. The van der Waals surface area contributed by atoms with Crippen molar-refractivity contribution in [3.8, 4) is 10.6 Å². The van der Waals surface area contributed by atoms with Gasteiger partial charge in [0.25, 0.3) is 0 Å². The van der Waals surface area contributed by atoms with Gasteiger partial charge >= 0.3 is 0 Å². The fourth-order valence-electron chi connectivity index (χ4n) is 4.08. The highest BCUT2D eigenvalue weighted by Crippen LogP contribution is 2.31. The second-order valence-electron chi connectivity index (χ2n) is 8.35. The molecule has 1 aliphatic heterocycles. The molecule has 5 nitrogen and oxygen atoms in total. The Balaban J connectivity index is 2.01. The SMILES string of the molecule is CCCCC[N+](CCCCC)=c1ccc2nc3ccc(N(CCO)CCO)cc3sc-2c1. The van der Waals surface area contributed by atoms with Gasteiger partial charge in [0.1, 0.15) is 13.1 Å². The van der Waals surface area contributed by atoms with E-state index in [0.717, 1.165) is 34.7 Å². The normalized spacial score (nSPS) is 11.4. The summed E-state index contributed by atoms with van der Waals surface area (Å²) in [5, 5.41) is 20.0. The zero-order valence-electron chi connectivity index (χ0n) is 19.6. The number of anilines is 1. The molecule has 1 aromatic carbocycles. The maximum atomic E-state index is 9.38. The molecule has 0 amide bonds. The number of unbranched alkanes of at least 4 members (excludes halogenated alkanes) is 4. The van der Waals surface area contributed by atoms with Gasteiger partial charge in [0.2, 0.25) is 5.36 Å². The van der Waals surface area contributed by atoms with Crippen molar-refractivity contribution in [3.63, 3.8) is 0 Å². The second-order valence-corrected chi connectivity index (χ2v) is 9.44. The molecule has 174 valence electrons. The Morgan fingerprint density at radius 1 is 0.875 bits per heavy atom. The van der Waals surface area contributed by atoms with Gasteiger partial charge in [-0.05, 0) is 37.1 Å². The third-order valence-corrected chi connectivity index (χ3v) is 6.97. The first kappa shape index (κ1) is 24.6. The number of rotatable bonds is 13. The van der Waals surface area contributed by atoms with Crippen LogP contribution >= 0.6 is 11.3 Å². The van der Waals surface area contributed by atoms with Gasteiger partial charge in [-0.3, -0.25) is 0 Å². The lowest BCUT2D eigenvalue weighted by atomic mass is 10.2. The first-order chi connectivity index (χ1) is 15.7. The van der Waals surface area contributed by atoms with Gasteiger partial charge in [-0.1, -0.05) is 26.7 Å². The average Bonchev–Trinajstić information content (AvgIpc) is 2.81. The predicted molar refractivity (Wildman–Crippen MR) is 137 cm³/mol. The molecular weight excluding hydrogens is 418 g/mol. The van der Waals surface area contributed by atoms with Crippen LogP contribution in [0.5, 0.6) is 0 Å². The van der Waals surface area contributed by atoms with Gasteiger partial charge in [-0.15, -0.1) is 11.3 Å². The minimum Gasteiger partial charge on any atom is -0.395 e. The first-order valence-electron chi connectivity index (χ1n) is 12.1. The third-order valence-electron chi connectivity index (χ3n) is 5.88. The predicted octanol–water partition coefficient (Wildman–Crippen LogP) is 4.34. The summed E-state index contributed by atoms with van der Waals surface area (Å²) in [5.41, 5.74) is 3.02. The Bertz CT molecular complexity index is 999. The number of aliphatic hydroxyl groups excluding tert-OH is 2. The van der Waals surface area contributed by atoms with Crippen molar-refractivity contribution < 1.29 is 10.2 Å². The van der Waals surface area contributed by atoms with Crippen LogP contribution in [-0.4, -0.2) is 54.6 Å². The fourth-order valence-corrected chi connectivity index (χ4v) is 5.12. The number of hydrogen-bond acceptors (Lipinski definition) is 5. The van der Waals surface area contributed by atoms with Crippen LogP contribution in [0.4, 0.5) is 5.69 Å². The lowest BCUT2D eigenvalue weighted by Crippen LogP contribution is -2.32. The molecule has 0 unspecified atom stereocenters. The van der Waals surface area contributed by atoms with E-state index in [9.17, 15) is 10.2 Å². The van der Waals surface area contributed by atoms with E-state index in [-0.39, 0.29) is 13.2 Å². The molecule has 0 radical (unpaired) electrons. The first-order valence-corrected chi connectivity index (χ1v) is 12.9. The molecule has 1 aromatic rings. The van der Waals surface area contributed by atoms with Crippen LogP contribution < -0.4 is 14.8 Å². The van der Waals surface area contributed by atoms with Crippen LogP contribution in [0.2, 0.25) is 0 Å². The highest BCUT2D eigenvalue weighted by molar-refractivity contribution is 7.21. The molecule has 3 rings (SSSR count). The van der Waals surface area contributed by atoms with Crippen molar-refractivity contribution in [2.45, 2.75) is 52.4 Å². The Hall–Kier alpha value is -2.02. The number of nitrogens with zero attached hydrogens (tertiary/aromatic N) is 3. The number of fused-ring (bicyclic) bond motifs is 2. The number of aromatic nitrogens is 1. The van der Waals surface area contributed by atoms with Crippen molar-refractivity contribution in [2.75, 3.05) is 44.3 Å². The summed E-state index contributed by atoms with van der Waals surface area (Å²) in [6, 6.07) is 12.9. The molecule has 0 fully saturated rings. The number of hydrogen-bond donors (Lipinski definition) is 2. The average molecular weight is 457 g/mol. The molecule has 32 heavy (non-hydrogen) atoms. The molecule has 0 atom stereocenters. The summed E-state index contributed by atoms with van der Waals surface area (Å²) >= 11 is 1.77. The highest BCUT2D eigenvalue weighted by Gasteiger charge is 2.13. The van der Waals surface area contributed by atoms with Gasteiger partial charge in [-0.2, -0.15) is 0 Å². The van der Waals surface area contributed by atoms with Crippen molar-refractivity contribution in [2.24, 2.45) is 0 Å². The van der Waals surface area contributed by atoms with E-state index in [0.29, 0.717) is 13.1 Å². The van der Waals surface area contributed by atoms with Crippen LogP contribution in [-0.2, 0) is 0 Å². The quantitative estimate of drug-likeness (QED) is 0.228. The van der Waals surface area contributed by atoms with Crippen LogP contribution in [0.15, 0.2) is 36.4 Å². The molecule has 6 heteroatoms. The van der Waals surface area contributed by atoms with Gasteiger partial charge in [0.15, 0.2) is 0 Å². The van der Waals surface area contributed by atoms with Gasteiger partial charge in [0.05, 0.1) is 34.0 Å². The van der Waals surface area contributed by atoms with Crippen LogP contribution in [0.1, 0.15) is 52.4 Å². The molecule has 1 aliphatic carbocycles. The van der Waals surface area contributed by atoms with Crippen molar-refractivity contribution >= 4 is 27.2 Å². The Labute approximate surface area is 196 Å². The van der Waals surface area contributed by atoms with Gasteiger partial charge in [-0.25, -0.2) is 9.56 Å². The van der Waals surface area contributed by atoms with E-state index in [1.807, 2.05) is 17.0 Å². The topological polar surface area (TPSA) is 59.6 Å². The minimum absolute atomic E-state index is 0.0622. The molecule has 2 N–H and O–H groups in total. The standard InChI is InChI=1S/C26H38N3O2S/c1-3-5-7-13-28(14-8-6-4-2)21-9-11-23-25(19-21)32-26-20-22(10-12-24(26)27-23)29(15-17-30)16-18-31/h9-12,19-20,30-31H,3-8,13-18H2,1-2H3/q+1. The second kappa shape index (κ2) is 12.9. The number of aliphatic hydroxyl groups is 2. The van der Waals surface area contributed by atoms with Crippen molar-refractivity contribution in [1.82, 2.24) is 9.56 Å². The lowest BCUT2D eigenvalue weighted by Gasteiger charge is -2.23. The van der Waals surface area contributed by atoms with Gasteiger partial charge < -0.3 is 15.1 Å². The molecule has 0 saturated carbocycles. The van der Waals surface area contributed by atoms with Crippen LogP contribution in [0.3, 0.4) is 0 Å². The Kier molecular flexibility index (Phi) is 9.90. The molecule has 0 saturated heterocycles. The highest BCUT2D eigenvalue weighted by atomic mass is 32.1. The molecule has 0 spiro atoms. The molecule has 1 heterocycles. The summed E-state index contributed by atoms with van der Waals surface area (Å²) in [4.78, 5) is 8.10. The summed E-state index contributed by atoms with van der Waals surface area (Å²) in [5.74, 6) is 0. The third kappa shape index (κ3) is 6.50. The zero-order chi connectivity index (χ0) is 22.8. The summed E-state index contributed by atoms with van der Waals surface area (Å²) in [6.07, 6.45) is 7.49. The molecular formula is C26H38N3O2S+. The smallest absolute Gasteiger partial charge is 0.201 e. The monoisotopic (exact) mass is 456 g/mol. The summed E-state index contributed by atoms with van der Waals surface area (Å²) in [7, 11) is 0. The van der Waals surface area contributed by atoms with Crippen molar-refractivity contribution in [3.05, 3.63) is 41.8 Å². The van der Waals surface area contributed by atoms with Gasteiger partial charge in [0, 0.05) is 43.8 Å². The van der Waals surface area contributed by atoms with E-state index < -0.39 is 0 Å². The van der Waals surface area contributed by atoms with E-state index in [2.05, 4.69) is 42.7 Å². The maximum absolute atomic E-state index is 9.38. The Morgan fingerprint density at radius 2 is 1.56 bits per heavy atom. The lowest BCUT2D eigenvalue weighted by molar-refractivity contribution is 0.281. The Morgan fingerprint density at radius 3 is 2.19 bits per heavy atom. The van der Waals surface area contributed by atoms with E-state index >= 15 is 0 Å². The summed E-state index contributed by atoms with van der Waals surface area (Å²) < 4.78 is 3.67. The molecule has 2 aliphatic rings. The zero-order valence-corrected chi connectivity index (χ0v) is 20.4. The summed E-state index contributed by atoms with van der Waals surface area (Å²) in [6.45, 7) is 7.86. The van der Waals surface area contributed by atoms with E-state index in [4.69, 9.17) is 4.98 Å². The van der Waals surface area contributed by atoms with E-state index in [1.165, 1.54) is 48.8 Å². The maximum Gasteiger partial charge on any atom is 0.201 e. The minimum atomic E-state index is 0.0622. The molecule has 0 bridgehead atoms. The van der Waals surface area contributed by atoms with Crippen LogP contribution in [0.25, 0.3) is 20.8 Å².